The number of aromatic nitrogens is 2. The molecule has 0 bridgehead atoms. The minimum atomic E-state index is -0.589. The van der Waals surface area contributed by atoms with Crippen LogP contribution in [0.2, 0.25) is 0 Å². The number of benzene rings is 1. The SMILES string of the molecule is C[C@H](CNC(=O)Cn1ccc(=O)[nH]c1=O)c1ccccc1. The highest BCUT2D eigenvalue weighted by Crippen LogP contribution is 2.12. The van der Waals surface area contributed by atoms with Crippen molar-refractivity contribution < 1.29 is 4.79 Å². The summed E-state index contributed by atoms with van der Waals surface area (Å²) in [5, 5.41) is 2.78. The molecule has 110 valence electrons. The van der Waals surface area contributed by atoms with Crippen LogP contribution in [0.1, 0.15) is 18.4 Å². The molecular weight excluding hydrogens is 270 g/mol. The molecule has 1 aromatic heterocycles. The largest absolute Gasteiger partial charge is 0.354 e. The van der Waals surface area contributed by atoms with Gasteiger partial charge in [0.05, 0.1) is 0 Å². The molecule has 0 spiro atoms. The lowest BCUT2D eigenvalue weighted by Gasteiger charge is -2.13. The number of carbonyl (C=O) groups excluding carboxylic acids is 1. The number of nitrogens with zero attached hydrogens (tertiary/aromatic N) is 1. The Morgan fingerprint density at radius 2 is 1.95 bits per heavy atom. The molecule has 0 aliphatic rings. The lowest BCUT2D eigenvalue weighted by atomic mass is 10.0. The number of rotatable bonds is 5. The zero-order chi connectivity index (χ0) is 15.2. The van der Waals surface area contributed by atoms with Gasteiger partial charge in [-0.15, -0.1) is 0 Å². The summed E-state index contributed by atoms with van der Waals surface area (Å²) in [5.74, 6) is -0.0885. The van der Waals surface area contributed by atoms with Crippen molar-refractivity contribution in [2.24, 2.45) is 0 Å². The van der Waals surface area contributed by atoms with Crippen molar-refractivity contribution in [2.75, 3.05) is 6.54 Å². The Balaban J connectivity index is 1.90. The fraction of sp³-hybridized carbons (Fsp3) is 0.267. The van der Waals surface area contributed by atoms with Crippen LogP contribution in [0, 0.1) is 0 Å². The molecule has 0 aliphatic carbocycles. The first-order chi connectivity index (χ1) is 10.1. The van der Waals surface area contributed by atoms with Gasteiger partial charge in [0.2, 0.25) is 5.91 Å². The summed E-state index contributed by atoms with van der Waals surface area (Å²) in [4.78, 5) is 36.3. The Morgan fingerprint density at radius 1 is 1.24 bits per heavy atom. The topological polar surface area (TPSA) is 84.0 Å². The molecule has 2 N–H and O–H groups in total. The van der Waals surface area contributed by atoms with Crippen LogP contribution in [-0.2, 0) is 11.3 Å². The normalized spacial score (nSPS) is 11.9. The number of hydrogen-bond donors (Lipinski definition) is 2. The fourth-order valence-corrected chi connectivity index (χ4v) is 1.95. The van der Waals surface area contributed by atoms with Gasteiger partial charge in [0.1, 0.15) is 6.54 Å². The van der Waals surface area contributed by atoms with Crippen LogP contribution < -0.4 is 16.6 Å². The monoisotopic (exact) mass is 287 g/mol. The smallest absolute Gasteiger partial charge is 0.328 e. The van der Waals surface area contributed by atoms with Crippen molar-refractivity contribution in [3.63, 3.8) is 0 Å². The summed E-state index contributed by atoms with van der Waals surface area (Å²) < 4.78 is 1.16. The van der Waals surface area contributed by atoms with Gasteiger partial charge in [-0.3, -0.25) is 19.1 Å². The molecule has 1 heterocycles. The summed E-state index contributed by atoms with van der Waals surface area (Å²) in [5.41, 5.74) is 0.0714. The zero-order valence-corrected chi connectivity index (χ0v) is 11.7. The Labute approximate surface area is 121 Å². The molecule has 0 aliphatic heterocycles. The van der Waals surface area contributed by atoms with Crippen molar-refractivity contribution >= 4 is 5.91 Å². The first-order valence-corrected chi connectivity index (χ1v) is 6.67. The van der Waals surface area contributed by atoms with Crippen LogP contribution >= 0.6 is 0 Å². The van der Waals surface area contributed by atoms with E-state index in [1.54, 1.807) is 0 Å². The van der Waals surface area contributed by atoms with Crippen molar-refractivity contribution in [1.29, 1.82) is 0 Å². The Morgan fingerprint density at radius 3 is 2.62 bits per heavy atom. The van der Waals surface area contributed by atoms with E-state index in [2.05, 4.69) is 10.3 Å². The van der Waals surface area contributed by atoms with Crippen LogP contribution in [0.15, 0.2) is 52.2 Å². The molecule has 0 saturated heterocycles. The van der Waals surface area contributed by atoms with Crippen molar-refractivity contribution in [1.82, 2.24) is 14.9 Å². The standard InChI is InChI=1S/C15H17N3O3/c1-11(12-5-3-2-4-6-12)9-16-14(20)10-18-8-7-13(19)17-15(18)21/h2-8,11H,9-10H2,1H3,(H,16,20)(H,17,19,21)/t11-/m1/s1. The average molecular weight is 287 g/mol. The van der Waals surface area contributed by atoms with E-state index in [-0.39, 0.29) is 18.4 Å². The molecule has 6 nitrogen and oxygen atoms in total. The quantitative estimate of drug-likeness (QED) is 0.837. The Hall–Kier alpha value is -2.63. The third-order valence-electron chi connectivity index (χ3n) is 3.18. The summed E-state index contributed by atoms with van der Waals surface area (Å²) >= 11 is 0. The highest BCUT2D eigenvalue weighted by Gasteiger charge is 2.08. The lowest BCUT2D eigenvalue weighted by Crippen LogP contribution is -2.36. The number of nitrogens with one attached hydrogen (secondary N) is 2. The Bertz CT molecular complexity index is 719. The van der Waals surface area contributed by atoms with Crippen LogP contribution in [0.25, 0.3) is 0 Å². The summed E-state index contributed by atoms with van der Waals surface area (Å²) in [6.45, 7) is 2.39. The van der Waals surface area contributed by atoms with Gasteiger partial charge >= 0.3 is 5.69 Å². The van der Waals surface area contributed by atoms with Gasteiger partial charge < -0.3 is 5.32 Å². The molecule has 2 aromatic rings. The minimum Gasteiger partial charge on any atom is -0.354 e. The van der Waals surface area contributed by atoms with Gasteiger partial charge in [-0.05, 0) is 11.5 Å². The van der Waals surface area contributed by atoms with E-state index >= 15 is 0 Å². The first kappa shape index (κ1) is 14.8. The van der Waals surface area contributed by atoms with Crippen LogP contribution in [-0.4, -0.2) is 22.0 Å². The number of hydrogen-bond acceptors (Lipinski definition) is 3. The van der Waals surface area contributed by atoms with Crippen molar-refractivity contribution in [3.05, 3.63) is 69.0 Å². The molecule has 21 heavy (non-hydrogen) atoms. The van der Waals surface area contributed by atoms with Gasteiger partial charge in [0, 0.05) is 18.8 Å². The van der Waals surface area contributed by atoms with E-state index in [4.69, 9.17) is 0 Å². The van der Waals surface area contributed by atoms with Gasteiger partial charge in [0.25, 0.3) is 5.56 Å². The molecular formula is C15H17N3O3. The number of aromatic amines is 1. The molecule has 0 saturated carbocycles. The van der Waals surface area contributed by atoms with Crippen LogP contribution in [0.4, 0.5) is 0 Å². The highest BCUT2D eigenvalue weighted by molar-refractivity contribution is 5.75. The molecule has 6 heteroatoms. The zero-order valence-electron chi connectivity index (χ0n) is 11.7. The fourth-order valence-electron chi connectivity index (χ4n) is 1.95. The average Bonchev–Trinajstić information content (AvgIpc) is 2.48. The third-order valence-corrected chi connectivity index (χ3v) is 3.18. The van der Waals surface area contributed by atoms with Gasteiger partial charge in [0.15, 0.2) is 0 Å². The predicted octanol–water partition coefficient (Wildman–Crippen LogP) is 0.456. The first-order valence-electron chi connectivity index (χ1n) is 6.67. The van der Waals surface area contributed by atoms with Crippen LogP contribution in [0.3, 0.4) is 0 Å². The van der Waals surface area contributed by atoms with Gasteiger partial charge in [-0.2, -0.15) is 0 Å². The summed E-state index contributed by atoms with van der Waals surface area (Å²) in [6.07, 6.45) is 1.31. The van der Waals surface area contributed by atoms with E-state index in [0.717, 1.165) is 10.1 Å². The maximum Gasteiger partial charge on any atom is 0.328 e. The van der Waals surface area contributed by atoms with E-state index in [1.165, 1.54) is 12.3 Å². The van der Waals surface area contributed by atoms with E-state index in [1.807, 2.05) is 37.3 Å². The number of H-pyrrole nitrogens is 1. The molecule has 0 radical (unpaired) electrons. The van der Waals surface area contributed by atoms with Crippen LogP contribution in [0.5, 0.6) is 0 Å². The molecule has 0 fully saturated rings. The third kappa shape index (κ3) is 4.17. The molecule has 1 atom stereocenters. The summed E-state index contributed by atoms with van der Waals surface area (Å²) in [6, 6.07) is 11.1. The molecule has 0 unspecified atom stereocenters. The second-order valence-corrected chi connectivity index (χ2v) is 4.85. The highest BCUT2D eigenvalue weighted by atomic mass is 16.2. The molecule has 2 rings (SSSR count). The summed E-state index contributed by atoms with van der Waals surface area (Å²) in [7, 11) is 0. The minimum absolute atomic E-state index is 0.114. The second kappa shape index (κ2) is 6.69. The molecule has 1 amide bonds. The van der Waals surface area contributed by atoms with Crippen molar-refractivity contribution in [2.45, 2.75) is 19.4 Å². The Kier molecular flexibility index (Phi) is 4.71. The predicted molar refractivity (Wildman–Crippen MR) is 79.2 cm³/mol. The lowest BCUT2D eigenvalue weighted by molar-refractivity contribution is -0.121. The van der Waals surface area contributed by atoms with E-state index in [0.29, 0.717) is 6.54 Å². The van der Waals surface area contributed by atoms with Gasteiger partial charge in [-0.25, -0.2) is 4.79 Å². The van der Waals surface area contributed by atoms with E-state index < -0.39 is 11.2 Å². The number of carbonyl (C=O) groups is 1. The maximum atomic E-state index is 11.8. The molecule has 1 aromatic carbocycles. The van der Waals surface area contributed by atoms with Crippen molar-refractivity contribution in [3.8, 4) is 0 Å². The van der Waals surface area contributed by atoms with Gasteiger partial charge in [-0.1, -0.05) is 37.3 Å². The maximum absolute atomic E-state index is 11.8. The second-order valence-electron chi connectivity index (χ2n) is 4.85. The van der Waals surface area contributed by atoms with E-state index in [9.17, 15) is 14.4 Å². The number of amides is 1.